The lowest BCUT2D eigenvalue weighted by atomic mass is 10.1. The SMILES string of the molecule is CC(C)[C@@H](NCc1ccc(-c2ccccc2)o1)C(=O)O. The predicted molar refractivity (Wildman–Crippen MR) is 77.2 cm³/mol. The average molecular weight is 273 g/mol. The van der Waals surface area contributed by atoms with Crippen LogP contribution in [0.25, 0.3) is 11.3 Å². The fourth-order valence-electron chi connectivity index (χ4n) is 2.05. The van der Waals surface area contributed by atoms with Crippen molar-refractivity contribution in [1.29, 1.82) is 0 Å². The quantitative estimate of drug-likeness (QED) is 0.848. The molecule has 2 aromatic rings. The summed E-state index contributed by atoms with van der Waals surface area (Å²) in [5.41, 5.74) is 1.01. The minimum atomic E-state index is -0.838. The van der Waals surface area contributed by atoms with Gasteiger partial charge in [-0.3, -0.25) is 10.1 Å². The molecule has 106 valence electrons. The molecule has 1 atom stereocenters. The molecule has 0 spiro atoms. The van der Waals surface area contributed by atoms with Crippen LogP contribution < -0.4 is 5.32 Å². The molecular weight excluding hydrogens is 254 g/mol. The summed E-state index contributed by atoms with van der Waals surface area (Å²) in [4.78, 5) is 11.1. The van der Waals surface area contributed by atoms with Gasteiger partial charge in [-0.1, -0.05) is 44.2 Å². The van der Waals surface area contributed by atoms with E-state index in [0.717, 1.165) is 17.1 Å². The maximum Gasteiger partial charge on any atom is 0.320 e. The molecule has 0 saturated carbocycles. The van der Waals surface area contributed by atoms with Crippen molar-refractivity contribution in [3.05, 3.63) is 48.2 Å². The Kier molecular flexibility index (Phi) is 4.58. The lowest BCUT2D eigenvalue weighted by molar-refractivity contribution is -0.140. The first-order valence-electron chi connectivity index (χ1n) is 6.68. The van der Waals surface area contributed by atoms with Gasteiger partial charge in [0.15, 0.2) is 0 Å². The van der Waals surface area contributed by atoms with Gasteiger partial charge in [0.05, 0.1) is 6.54 Å². The van der Waals surface area contributed by atoms with Gasteiger partial charge in [-0.25, -0.2) is 0 Å². The van der Waals surface area contributed by atoms with E-state index in [1.54, 1.807) is 0 Å². The fraction of sp³-hybridized carbons (Fsp3) is 0.312. The van der Waals surface area contributed by atoms with Gasteiger partial charge in [0, 0.05) is 5.56 Å². The summed E-state index contributed by atoms with van der Waals surface area (Å²) in [6.07, 6.45) is 0. The van der Waals surface area contributed by atoms with Gasteiger partial charge < -0.3 is 9.52 Å². The summed E-state index contributed by atoms with van der Waals surface area (Å²) >= 11 is 0. The summed E-state index contributed by atoms with van der Waals surface area (Å²) in [6, 6.07) is 13.0. The van der Waals surface area contributed by atoms with E-state index in [-0.39, 0.29) is 5.92 Å². The second-order valence-electron chi connectivity index (χ2n) is 5.07. The normalized spacial score (nSPS) is 12.6. The highest BCUT2D eigenvalue weighted by molar-refractivity contribution is 5.73. The largest absolute Gasteiger partial charge is 0.480 e. The predicted octanol–water partition coefficient (Wildman–Crippen LogP) is 3.15. The van der Waals surface area contributed by atoms with Crippen molar-refractivity contribution < 1.29 is 14.3 Å². The molecule has 0 aliphatic carbocycles. The maximum absolute atomic E-state index is 11.1. The monoisotopic (exact) mass is 273 g/mol. The van der Waals surface area contributed by atoms with E-state index in [0.29, 0.717) is 6.54 Å². The zero-order valence-corrected chi connectivity index (χ0v) is 11.7. The van der Waals surface area contributed by atoms with E-state index in [4.69, 9.17) is 9.52 Å². The lowest BCUT2D eigenvalue weighted by Crippen LogP contribution is -2.40. The van der Waals surface area contributed by atoms with Crippen molar-refractivity contribution in [2.75, 3.05) is 0 Å². The Bertz CT molecular complexity index is 560. The Labute approximate surface area is 118 Å². The minimum absolute atomic E-state index is 0.0241. The number of nitrogens with one attached hydrogen (secondary N) is 1. The van der Waals surface area contributed by atoms with E-state index in [1.807, 2.05) is 56.3 Å². The molecule has 0 unspecified atom stereocenters. The Morgan fingerprint density at radius 1 is 1.20 bits per heavy atom. The number of benzene rings is 1. The number of hydrogen-bond acceptors (Lipinski definition) is 3. The molecule has 0 saturated heterocycles. The number of carboxylic acid groups (broad SMARTS) is 1. The molecule has 1 heterocycles. The maximum atomic E-state index is 11.1. The number of aliphatic carboxylic acids is 1. The van der Waals surface area contributed by atoms with E-state index in [9.17, 15) is 4.79 Å². The number of carbonyl (C=O) groups is 1. The third kappa shape index (κ3) is 3.48. The summed E-state index contributed by atoms with van der Waals surface area (Å²) in [5, 5.41) is 12.1. The molecule has 0 amide bonds. The summed E-state index contributed by atoms with van der Waals surface area (Å²) < 4.78 is 5.72. The van der Waals surface area contributed by atoms with Gasteiger partial charge in [-0.05, 0) is 18.1 Å². The number of furan rings is 1. The molecule has 2 N–H and O–H groups in total. The highest BCUT2D eigenvalue weighted by atomic mass is 16.4. The molecule has 0 aliphatic rings. The average Bonchev–Trinajstić information content (AvgIpc) is 2.88. The van der Waals surface area contributed by atoms with E-state index >= 15 is 0 Å². The van der Waals surface area contributed by atoms with Gasteiger partial charge in [-0.15, -0.1) is 0 Å². The third-order valence-corrected chi connectivity index (χ3v) is 3.15. The van der Waals surface area contributed by atoms with Crippen LogP contribution in [0.4, 0.5) is 0 Å². The van der Waals surface area contributed by atoms with Crippen LogP contribution in [0.1, 0.15) is 19.6 Å². The van der Waals surface area contributed by atoms with Crippen LogP contribution >= 0.6 is 0 Å². The van der Waals surface area contributed by atoms with Gasteiger partial charge in [0.25, 0.3) is 0 Å². The lowest BCUT2D eigenvalue weighted by Gasteiger charge is -2.16. The second kappa shape index (κ2) is 6.39. The van der Waals surface area contributed by atoms with Crippen molar-refractivity contribution in [2.45, 2.75) is 26.4 Å². The number of carboxylic acids is 1. The van der Waals surface area contributed by atoms with Crippen molar-refractivity contribution >= 4 is 5.97 Å². The van der Waals surface area contributed by atoms with Crippen molar-refractivity contribution in [2.24, 2.45) is 5.92 Å². The molecule has 4 nitrogen and oxygen atoms in total. The van der Waals surface area contributed by atoms with Crippen LogP contribution in [0.5, 0.6) is 0 Å². The first-order chi connectivity index (χ1) is 9.58. The molecule has 0 fully saturated rings. The van der Waals surface area contributed by atoms with Crippen LogP contribution in [0, 0.1) is 5.92 Å². The number of hydrogen-bond donors (Lipinski definition) is 2. The van der Waals surface area contributed by atoms with Gasteiger partial charge >= 0.3 is 5.97 Å². The van der Waals surface area contributed by atoms with Crippen LogP contribution in [0.2, 0.25) is 0 Å². The molecule has 0 aliphatic heterocycles. The highest BCUT2D eigenvalue weighted by Crippen LogP contribution is 2.21. The Morgan fingerprint density at radius 2 is 1.90 bits per heavy atom. The van der Waals surface area contributed by atoms with Crippen LogP contribution in [-0.4, -0.2) is 17.1 Å². The topological polar surface area (TPSA) is 62.5 Å². The fourth-order valence-corrected chi connectivity index (χ4v) is 2.05. The van der Waals surface area contributed by atoms with E-state index < -0.39 is 12.0 Å². The summed E-state index contributed by atoms with van der Waals surface area (Å²) in [7, 11) is 0. The molecule has 0 radical (unpaired) electrons. The van der Waals surface area contributed by atoms with Gasteiger partial charge in [0.1, 0.15) is 17.6 Å². The zero-order valence-electron chi connectivity index (χ0n) is 11.7. The Hall–Kier alpha value is -2.07. The molecule has 0 bridgehead atoms. The smallest absolute Gasteiger partial charge is 0.320 e. The summed E-state index contributed by atoms with van der Waals surface area (Å²) in [6.45, 7) is 4.16. The number of rotatable bonds is 6. The zero-order chi connectivity index (χ0) is 14.5. The molecular formula is C16H19NO3. The van der Waals surface area contributed by atoms with E-state index in [2.05, 4.69) is 5.32 Å². The summed E-state index contributed by atoms with van der Waals surface area (Å²) in [5.74, 6) is 0.709. The first-order valence-corrected chi connectivity index (χ1v) is 6.68. The van der Waals surface area contributed by atoms with Crippen LogP contribution in [0.3, 0.4) is 0 Å². The van der Waals surface area contributed by atoms with E-state index in [1.165, 1.54) is 0 Å². The van der Waals surface area contributed by atoms with Gasteiger partial charge in [-0.2, -0.15) is 0 Å². The molecule has 20 heavy (non-hydrogen) atoms. The second-order valence-corrected chi connectivity index (χ2v) is 5.07. The molecule has 2 rings (SSSR count). The molecule has 4 heteroatoms. The first kappa shape index (κ1) is 14.3. The van der Waals surface area contributed by atoms with Crippen molar-refractivity contribution in [3.63, 3.8) is 0 Å². The Balaban J connectivity index is 2.02. The highest BCUT2D eigenvalue weighted by Gasteiger charge is 2.20. The van der Waals surface area contributed by atoms with Crippen LogP contribution in [0.15, 0.2) is 46.9 Å². The van der Waals surface area contributed by atoms with Crippen LogP contribution in [-0.2, 0) is 11.3 Å². The minimum Gasteiger partial charge on any atom is -0.480 e. The molecule has 1 aromatic carbocycles. The van der Waals surface area contributed by atoms with Gasteiger partial charge in [0.2, 0.25) is 0 Å². The standard InChI is InChI=1S/C16H19NO3/c1-11(2)15(16(18)19)17-10-13-8-9-14(20-13)12-6-4-3-5-7-12/h3-9,11,15,17H,10H2,1-2H3,(H,18,19)/t15-/m1/s1. The van der Waals surface area contributed by atoms with Crippen molar-refractivity contribution in [1.82, 2.24) is 5.32 Å². The van der Waals surface area contributed by atoms with Crippen molar-refractivity contribution in [3.8, 4) is 11.3 Å². The Morgan fingerprint density at radius 3 is 2.50 bits per heavy atom. The third-order valence-electron chi connectivity index (χ3n) is 3.15. The molecule has 1 aromatic heterocycles.